The van der Waals surface area contributed by atoms with E-state index in [1.165, 1.54) is 12.1 Å². The molecule has 1 aliphatic rings. The lowest BCUT2D eigenvalue weighted by atomic mass is 10.1. The molecule has 1 aromatic carbocycles. The minimum absolute atomic E-state index is 0.144. The second-order valence-electron chi connectivity index (χ2n) is 4.72. The topological polar surface area (TPSA) is 21.3 Å². The molecule has 5 heteroatoms. The molecule has 2 rings (SSSR count). The third kappa shape index (κ3) is 2.61. The molecule has 17 heavy (non-hydrogen) atoms. The largest absolute Gasteiger partial charge is 0.416 e. The Balaban J connectivity index is 2.34. The van der Waals surface area contributed by atoms with Crippen LogP contribution in [-0.4, -0.2) is 12.1 Å². The van der Waals surface area contributed by atoms with Gasteiger partial charge in [0.25, 0.3) is 0 Å². The lowest BCUT2D eigenvalue weighted by Crippen LogP contribution is -2.23. The van der Waals surface area contributed by atoms with Crippen molar-refractivity contribution in [2.45, 2.75) is 31.9 Å². The highest BCUT2D eigenvalue weighted by Gasteiger charge is 2.39. The van der Waals surface area contributed by atoms with Gasteiger partial charge < -0.3 is 4.74 Å². The van der Waals surface area contributed by atoms with Crippen LogP contribution in [0.15, 0.2) is 24.3 Å². The normalized spacial score (nSPS) is 23.9. The fourth-order valence-corrected chi connectivity index (χ4v) is 1.90. The molecule has 94 valence electrons. The summed E-state index contributed by atoms with van der Waals surface area (Å²) in [5, 5.41) is 2.95. The summed E-state index contributed by atoms with van der Waals surface area (Å²) in [6.45, 7) is 4.22. The molecule has 1 saturated heterocycles. The van der Waals surface area contributed by atoms with Crippen LogP contribution in [0.4, 0.5) is 13.2 Å². The molecule has 0 radical (unpaired) electrons. The first-order valence-corrected chi connectivity index (χ1v) is 5.37. The van der Waals surface area contributed by atoms with Crippen molar-refractivity contribution in [2.24, 2.45) is 0 Å². The van der Waals surface area contributed by atoms with Gasteiger partial charge >= 0.3 is 6.18 Å². The molecule has 1 aliphatic heterocycles. The van der Waals surface area contributed by atoms with Crippen molar-refractivity contribution in [1.29, 1.82) is 0 Å². The van der Waals surface area contributed by atoms with Crippen molar-refractivity contribution in [3.8, 4) is 0 Å². The highest BCUT2D eigenvalue weighted by molar-refractivity contribution is 5.32. The van der Waals surface area contributed by atoms with Crippen LogP contribution in [0.2, 0.25) is 0 Å². The number of hydrogen-bond acceptors (Lipinski definition) is 2. The van der Waals surface area contributed by atoms with Gasteiger partial charge in [-0.15, -0.1) is 0 Å². The number of ether oxygens (including phenoxy) is 1. The fourth-order valence-electron chi connectivity index (χ4n) is 1.90. The molecule has 0 aliphatic carbocycles. The van der Waals surface area contributed by atoms with Crippen LogP contribution in [0.1, 0.15) is 31.2 Å². The van der Waals surface area contributed by atoms with Crippen molar-refractivity contribution < 1.29 is 17.9 Å². The molecular formula is C12H14F3NO. The van der Waals surface area contributed by atoms with E-state index in [4.69, 9.17) is 4.74 Å². The predicted octanol–water partition coefficient (Wildman–Crippen LogP) is 3.10. The number of halogens is 3. The number of nitrogens with one attached hydrogen (secondary N) is 1. The molecule has 1 fully saturated rings. The quantitative estimate of drug-likeness (QED) is 0.820. The van der Waals surface area contributed by atoms with Crippen LogP contribution >= 0.6 is 0 Å². The van der Waals surface area contributed by atoms with E-state index in [0.717, 1.165) is 6.07 Å². The summed E-state index contributed by atoms with van der Waals surface area (Å²) >= 11 is 0. The molecule has 1 atom stereocenters. The van der Waals surface area contributed by atoms with Crippen LogP contribution in [0.3, 0.4) is 0 Å². The first kappa shape index (κ1) is 12.4. The molecule has 1 unspecified atom stereocenters. The molecule has 1 aromatic rings. The lowest BCUT2D eigenvalue weighted by Gasteiger charge is -2.20. The zero-order valence-electron chi connectivity index (χ0n) is 9.64. The molecule has 0 amide bonds. The monoisotopic (exact) mass is 245 g/mol. The molecule has 0 saturated carbocycles. The van der Waals surface area contributed by atoms with E-state index in [1.807, 2.05) is 13.8 Å². The van der Waals surface area contributed by atoms with Gasteiger partial charge in [-0.3, -0.25) is 5.32 Å². The Morgan fingerprint density at radius 1 is 1.29 bits per heavy atom. The van der Waals surface area contributed by atoms with Gasteiger partial charge in [-0.25, -0.2) is 0 Å². The van der Waals surface area contributed by atoms with Gasteiger partial charge in [-0.05, 0) is 19.9 Å². The van der Waals surface area contributed by atoms with Crippen LogP contribution in [0.25, 0.3) is 0 Å². The van der Waals surface area contributed by atoms with E-state index in [9.17, 15) is 13.2 Å². The van der Waals surface area contributed by atoms with E-state index < -0.39 is 23.6 Å². The van der Waals surface area contributed by atoms with Crippen molar-refractivity contribution in [3.63, 3.8) is 0 Å². The maximum atomic E-state index is 12.8. The molecule has 1 N–H and O–H groups in total. The minimum atomic E-state index is -4.35. The third-order valence-electron chi connectivity index (χ3n) is 2.70. The summed E-state index contributed by atoms with van der Waals surface area (Å²) in [4.78, 5) is 0. The van der Waals surface area contributed by atoms with Crippen molar-refractivity contribution in [3.05, 3.63) is 35.4 Å². The summed E-state index contributed by atoms with van der Waals surface area (Å²) in [5.41, 5.74) is -0.940. The van der Waals surface area contributed by atoms with E-state index >= 15 is 0 Å². The molecule has 0 spiro atoms. The Morgan fingerprint density at radius 2 is 1.94 bits per heavy atom. The van der Waals surface area contributed by atoms with E-state index in [2.05, 4.69) is 5.32 Å². The molecule has 0 bridgehead atoms. The summed E-state index contributed by atoms with van der Waals surface area (Å²) in [5.74, 6) is 0. The molecular weight excluding hydrogens is 231 g/mol. The fraction of sp³-hybridized carbons (Fsp3) is 0.500. The van der Waals surface area contributed by atoms with Crippen molar-refractivity contribution >= 4 is 0 Å². The highest BCUT2D eigenvalue weighted by atomic mass is 19.4. The van der Waals surface area contributed by atoms with Crippen LogP contribution in [0.5, 0.6) is 0 Å². The zero-order chi connectivity index (χ0) is 12.7. The first-order chi connectivity index (χ1) is 7.80. The van der Waals surface area contributed by atoms with Crippen LogP contribution in [-0.2, 0) is 10.9 Å². The minimum Gasteiger partial charge on any atom is -0.352 e. The van der Waals surface area contributed by atoms with Gasteiger partial charge in [0.1, 0.15) is 6.23 Å². The zero-order valence-corrected chi connectivity index (χ0v) is 9.64. The standard InChI is InChI=1S/C12H14F3NO/c1-11(2)7-16-10(17-11)8-5-3-4-6-9(8)12(13,14)15/h3-6,10,16H,7H2,1-2H3. The van der Waals surface area contributed by atoms with Gasteiger partial charge in [0.2, 0.25) is 0 Å². The second-order valence-corrected chi connectivity index (χ2v) is 4.72. The lowest BCUT2D eigenvalue weighted by molar-refractivity contribution is -0.140. The van der Waals surface area contributed by atoms with E-state index in [0.29, 0.717) is 6.54 Å². The van der Waals surface area contributed by atoms with Crippen molar-refractivity contribution in [2.75, 3.05) is 6.54 Å². The number of benzene rings is 1. The maximum Gasteiger partial charge on any atom is 0.416 e. The van der Waals surface area contributed by atoms with Crippen LogP contribution < -0.4 is 5.32 Å². The second kappa shape index (κ2) is 3.99. The SMILES string of the molecule is CC1(C)CNC(c2ccccc2C(F)(F)F)O1. The molecule has 1 heterocycles. The van der Waals surface area contributed by atoms with Crippen molar-refractivity contribution in [1.82, 2.24) is 5.32 Å². The Kier molecular flexibility index (Phi) is 2.91. The summed E-state index contributed by atoms with van der Waals surface area (Å²) < 4.78 is 44.0. The van der Waals surface area contributed by atoms with Gasteiger partial charge in [0.15, 0.2) is 0 Å². The Bertz CT molecular complexity index is 414. The molecule has 0 aromatic heterocycles. The van der Waals surface area contributed by atoms with Gasteiger partial charge in [-0.1, -0.05) is 18.2 Å². The van der Waals surface area contributed by atoms with Gasteiger partial charge in [0.05, 0.1) is 11.2 Å². The first-order valence-electron chi connectivity index (χ1n) is 5.37. The van der Waals surface area contributed by atoms with E-state index in [-0.39, 0.29) is 5.56 Å². The Labute approximate surface area is 97.8 Å². The third-order valence-corrected chi connectivity index (χ3v) is 2.70. The van der Waals surface area contributed by atoms with Crippen LogP contribution in [0, 0.1) is 0 Å². The van der Waals surface area contributed by atoms with E-state index in [1.54, 1.807) is 6.07 Å². The smallest absolute Gasteiger partial charge is 0.352 e. The number of alkyl halides is 3. The number of hydrogen-bond donors (Lipinski definition) is 1. The Hall–Kier alpha value is -1.07. The summed E-state index contributed by atoms with van der Waals surface area (Å²) in [6, 6.07) is 5.49. The maximum absolute atomic E-state index is 12.8. The molecule has 2 nitrogen and oxygen atoms in total. The van der Waals surface area contributed by atoms with Gasteiger partial charge in [0, 0.05) is 12.1 Å². The Morgan fingerprint density at radius 3 is 2.47 bits per heavy atom. The summed E-state index contributed by atoms with van der Waals surface area (Å²) in [6.07, 6.45) is -5.04. The summed E-state index contributed by atoms with van der Waals surface area (Å²) in [7, 11) is 0. The predicted molar refractivity (Wildman–Crippen MR) is 57.4 cm³/mol. The highest BCUT2D eigenvalue weighted by Crippen LogP contribution is 2.37. The number of rotatable bonds is 1. The average molecular weight is 245 g/mol. The van der Waals surface area contributed by atoms with Gasteiger partial charge in [-0.2, -0.15) is 13.2 Å². The average Bonchev–Trinajstić information content (AvgIpc) is 2.58.